The molecular formula is C36H63O7P. The monoisotopic (exact) mass is 638 g/mol. The van der Waals surface area contributed by atoms with Crippen LogP contribution < -0.4 is 0 Å². The molecule has 8 heteroatoms. The zero-order valence-corrected chi connectivity index (χ0v) is 29.3. The molecule has 0 heterocycles. The summed E-state index contributed by atoms with van der Waals surface area (Å²) >= 11 is 0. The lowest BCUT2D eigenvalue weighted by molar-refractivity contribution is -0.149. The van der Waals surface area contributed by atoms with Crippen LogP contribution in [0.3, 0.4) is 0 Å². The average molecular weight is 639 g/mol. The van der Waals surface area contributed by atoms with Gasteiger partial charge < -0.3 is 24.4 Å². The fourth-order valence-electron chi connectivity index (χ4n) is 10.0. The number of allylic oxidation sites excluding steroid dienone is 1. The Bertz CT molecular complexity index is 1010. The Hall–Kier alpha value is -0.720. The van der Waals surface area contributed by atoms with E-state index in [9.17, 15) is 24.7 Å². The zero-order chi connectivity index (χ0) is 32.2. The summed E-state index contributed by atoms with van der Waals surface area (Å²) in [5.74, 6) is 3.88. The molecule has 13 atom stereocenters. The van der Waals surface area contributed by atoms with Gasteiger partial charge in [0.15, 0.2) is 0 Å². The van der Waals surface area contributed by atoms with Crippen molar-refractivity contribution in [3.05, 3.63) is 11.6 Å². The van der Waals surface area contributed by atoms with Crippen molar-refractivity contribution in [1.82, 2.24) is 0 Å². The second kappa shape index (κ2) is 15.9. The molecule has 0 aromatic rings. The summed E-state index contributed by atoms with van der Waals surface area (Å²) in [6.07, 6.45) is 14.3. The molecule has 0 radical (unpaired) electrons. The Labute approximate surface area is 267 Å². The van der Waals surface area contributed by atoms with Crippen LogP contribution in [0.2, 0.25) is 0 Å². The van der Waals surface area contributed by atoms with Crippen LogP contribution in [-0.4, -0.2) is 52.9 Å². The molecule has 0 amide bonds. The van der Waals surface area contributed by atoms with Gasteiger partial charge in [-0.1, -0.05) is 65.5 Å². The number of carbonyl (C=O) groups is 1. The molecule has 0 aromatic heterocycles. The number of fused-ring (bicyclic) bond motifs is 5. The second-order valence-corrected chi connectivity index (χ2v) is 17.5. The summed E-state index contributed by atoms with van der Waals surface area (Å²) in [7, 11) is -3.45. The van der Waals surface area contributed by atoms with E-state index in [0.29, 0.717) is 12.3 Å². The largest absolute Gasteiger partial charge is 0.481 e. The van der Waals surface area contributed by atoms with E-state index in [1.807, 2.05) is 0 Å². The summed E-state index contributed by atoms with van der Waals surface area (Å²) in [6.45, 7) is 11.9. The van der Waals surface area contributed by atoms with Gasteiger partial charge in [-0.3, -0.25) is 9.36 Å². The molecule has 0 aromatic carbocycles. The van der Waals surface area contributed by atoms with E-state index in [1.54, 1.807) is 13.8 Å². The van der Waals surface area contributed by atoms with Crippen molar-refractivity contribution in [3.63, 3.8) is 0 Å². The molecule has 11 unspecified atom stereocenters. The summed E-state index contributed by atoms with van der Waals surface area (Å²) < 4.78 is 25.0. The molecule has 0 saturated heterocycles. The smallest absolute Gasteiger partial charge is 0.328 e. The average Bonchev–Trinajstić information content (AvgIpc) is 3.41. The van der Waals surface area contributed by atoms with Gasteiger partial charge >= 0.3 is 13.6 Å². The van der Waals surface area contributed by atoms with Crippen molar-refractivity contribution in [1.29, 1.82) is 0 Å². The number of carboxylic acids is 1. The van der Waals surface area contributed by atoms with E-state index in [4.69, 9.17) is 9.05 Å². The third-order valence-corrected chi connectivity index (χ3v) is 13.6. The molecule has 0 aliphatic heterocycles. The summed E-state index contributed by atoms with van der Waals surface area (Å²) in [5.41, 5.74) is 1.49. The molecule has 44 heavy (non-hydrogen) atoms. The maximum Gasteiger partial charge on any atom is 0.328 e. The van der Waals surface area contributed by atoms with Crippen LogP contribution in [0, 0.1) is 59.2 Å². The van der Waals surface area contributed by atoms with Crippen LogP contribution in [0.4, 0.5) is 0 Å². The van der Waals surface area contributed by atoms with Gasteiger partial charge in [0.25, 0.3) is 0 Å². The first-order valence-corrected chi connectivity index (χ1v) is 20.0. The maximum absolute atomic E-state index is 13.3. The van der Waals surface area contributed by atoms with Crippen LogP contribution in [0.1, 0.15) is 118 Å². The fraction of sp³-hybridized carbons (Fsp3) is 0.917. The third-order valence-electron chi connectivity index (χ3n) is 12.3. The van der Waals surface area contributed by atoms with Crippen LogP contribution >= 0.6 is 7.60 Å². The topological polar surface area (TPSA) is 113 Å². The highest BCUT2D eigenvalue weighted by molar-refractivity contribution is 7.53. The number of aliphatic carboxylic acids is 1. The van der Waals surface area contributed by atoms with E-state index >= 15 is 0 Å². The highest BCUT2D eigenvalue weighted by Gasteiger charge is 2.51. The first-order valence-electron chi connectivity index (χ1n) is 18.0. The van der Waals surface area contributed by atoms with Crippen LogP contribution in [0.5, 0.6) is 0 Å². The minimum Gasteiger partial charge on any atom is -0.481 e. The van der Waals surface area contributed by atoms with Crippen LogP contribution in [0.25, 0.3) is 0 Å². The molecule has 3 saturated carbocycles. The normalized spacial score (nSPS) is 34.9. The lowest BCUT2D eigenvalue weighted by Crippen LogP contribution is -2.42. The number of hydrogen-bond acceptors (Lipinski definition) is 6. The zero-order valence-electron chi connectivity index (χ0n) is 28.4. The SMILES string of the molecule is CCC(C(=O)O)C(O)C(CC)C(O)COP(C)(=O)O[C@H]1CCC2C(=CCC3C2CCC2C3CCC2[C@@H](C)CCCC(C)C)C1. The van der Waals surface area contributed by atoms with Gasteiger partial charge in [-0.15, -0.1) is 0 Å². The quantitative estimate of drug-likeness (QED) is 0.115. The Kier molecular flexibility index (Phi) is 13.1. The molecule has 3 N–H and O–H groups in total. The lowest BCUT2D eigenvalue weighted by Gasteiger charge is -2.50. The van der Waals surface area contributed by atoms with Gasteiger partial charge in [-0.25, -0.2) is 0 Å². The van der Waals surface area contributed by atoms with Gasteiger partial charge in [0, 0.05) is 12.6 Å². The predicted molar refractivity (Wildman–Crippen MR) is 175 cm³/mol. The first kappa shape index (κ1) is 36.1. The number of aliphatic hydroxyl groups is 2. The molecule has 0 bridgehead atoms. The highest BCUT2D eigenvalue weighted by atomic mass is 31.2. The number of hydrogen-bond donors (Lipinski definition) is 3. The molecular weight excluding hydrogens is 575 g/mol. The Balaban J connectivity index is 1.28. The molecule has 7 nitrogen and oxygen atoms in total. The maximum atomic E-state index is 13.3. The molecule has 4 aliphatic carbocycles. The van der Waals surface area contributed by atoms with E-state index in [0.717, 1.165) is 60.7 Å². The van der Waals surface area contributed by atoms with Gasteiger partial charge in [-0.2, -0.15) is 0 Å². The van der Waals surface area contributed by atoms with E-state index in [1.165, 1.54) is 63.6 Å². The van der Waals surface area contributed by atoms with E-state index in [2.05, 4.69) is 26.8 Å². The molecule has 4 rings (SSSR count). The minimum atomic E-state index is -3.45. The minimum absolute atomic E-state index is 0.162. The Morgan fingerprint density at radius 3 is 2.32 bits per heavy atom. The predicted octanol–water partition coefficient (Wildman–Crippen LogP) is 8.33. The summed E-state index contributed by atoms with van der Waals surface area (Å²) in [4.78, 5) is 11.5. The van der Waals surface area contributed by atoms with Crippen LogP contribution in [0.15, 0.2) is 11.6 Å². The number of carboxylic acid groups (broad SMARTS) is 1. The van der Waals surface area contributed by atoms with Crippen molar-refractivity contribution in [2.24, 2.45) is 59.2 Å². The highest BCUT2D eigenvalue weighted by Crippen LogP contribution is 2.60. The molecule has 0 spiro atoms. The van der Waals surface area contributed by atoms with Crippen molar-refractivity contribution in [3.8, 4) is 0 Å². The summed E-state index contributed by atoms with van der Waals surface area (Å²) in [6, 6.07) is 0. The van der Waals surface area contributed by atoms with Crippen molar-refractivity contribution >= 4 is 13.6 Å². The second-order valence-electron chi connectivity index (χ2n) is 15.5. The van der Waals surface area contributed by atoms with Crippen molar-refractivity contribution in [2.75, 3.05) is 13.3 Å². The third kappa shape index (κ3) is 8.59. The Morgan fingerprint density at radius 2 is 1.66 bits per heavy atom. The fourth-order valence-corrected chi connectivity index (χ4v) is 11.2. The van der Waals surface area contributed by atoms with E-state index < -0.39 is 37.6 Å². The van der Waals surface area contributed by atoms with E-state index in [-0.39, 0.29) is 19.1 Å². The van der Waals surface area contributed by atoms with Gasteiger partial charge in [-0.05, 0) is 112 Å². The van der Waals surface area contributed by atoms with Crippen LogP contribution in [-0.2, 0) is 18.4 Å². The molecule has 3 fully saturated rings. The Morgan fingerprint density at radius 1 is 0.955 bits per heavy atom. The number of aliphatic hydroxyl groups excluding tert-OH is 2. The summed E-state index contributed by atoms with van der Waals surface area (Å²) in [5, 5.41) is 30.8. The van der Waals surface area contributed by atoms with Crippen molar-refractivity contribution < 1.29 is 33.7 Å². The molecule has 4 aliphatic rings. The lowest BCUT2D eigenvalue weighted by atomic mass is 9.56. The number of rotatable bonds is 16. The molecule has 254 valence electrons. The van der Waals surface area contributed by atoms with Gasteiger partial charge in [0.1, 0.15) is 0 Å². The standard InChI is InChI=1S/C36H63O7P/c1-7-26(35(38)27(8-2)36(39)40)34(37)21-42-44(6,41)43-25-13-15-29-24(20-25)12-14-32-31(29)19-18-30-28(16-17-33(30)32)23(5)11-9-10-22(3)4/h12,22-23,25-35,37-38H,7-11,13-21H2,1-6H3,(H,39,40)/t23-,25-,26?,27?,28?,29?,30?,31?,32?,33?,34?,35?,44?/m0/s1. The van der Waals surface area contributed by atoms with Crippen molar-refractivity contribution in [2.45, 2.75) is 136 Å². The first-order chi connectivity index (χ1) is 20.9. The van der Waals surface area contributed by atoms with Gasteiger partial charge in [0.2, 0.25) is 0 Å². The van der Waals surface area contributed by atoms with Gasteiger partial charge in [0.05, 0.1) is 30.8 Å².